The van der Waals surface area contributed by atoms with Crippen LogP contribution in [0.15, 0.2) is 30.3 Å². The number of amides is 2. The molecule has 4 heteroatoms. The quantitative estimate of drug-likeness (QED) is 0.883. The first-order valence-electron chi connectivity index (χ1n) is 6.31. The van der Waals surface area contributed by atoms with E-state index in [1.165, 1.54) is 6.42 Å². The van der Waals surface area contributed by atoms with Crippen LogP contribution in [0.25, 0.3) is 0 Å². The molecular formula is C14H17N3O. The van der Waals surface area contributed by atoms with Gasteiger partial charge in [0.15, 0.2) is 0 Å². The third kappa shape index (κ3) is 3.01. The smallest absolute Gasteiger partial charge is 0.322 e. The lowest BCUT2D eigenvalue weighted by molar-refractivity contribution is 0.234. The van der Waals surface area contributed by atoms with E-state index >= 15 is 0 Å². The maximum atomic E-state index is 12.2. The second-order valence-corrected chi connectivity index (χ2v) is 4.47. The molecule has 18 heavy (non-hydrogen) atoms. The molecule has 1 fully saturated rings. The summed E-state index contributed by atoms with van der Waals surface area (Å²) in [5, 5.41) is 11.7. The van der Waals surface area contributed by atoms with Gasteiger partial charge in [-0.05, 0) is 31.4 Å². The molecule has 2 rings (SSSR count). The highest BCUT2D eigenvalue weighted by Crippen LogP contribution is 2.20. The standard InChI is InChI=1S/C14H17N3O/c15-10-5-11-17(13-8-2-1-3-9-13)14(18)16-12-6-4-7-12/h1-3,8-9,12H,4-7,11H2,(H,16,18). The molecule has 1 aromatic rings. The van der Waals surface area contributed by atoms with Gasteiger partial charge >= 0.3 is 6.03 Å². The Bertz CT molecular complexity index is 434. The monoisotopic (exact) mass is 243 g/mol. The molecule has 2 amide bonds. The van der Waals surface area contributed by atoms with Gasteiger partial charge in [-0.3, -0.25) is 4.90 Å². The average molecular weight is 243 g/mol. The summed E-state index contributed by atoms with van der Waals surface area (Å²) in [6.07, 6.45) is 3.65. The minimum atomic E-state index is -0.0962. The lowest BCUT2D eigenvalue weighted by Crippen LogP contribution is -2.47. The minimum Gasteiger partial charge on any atom is -0.335 e. The molecule has 1 aromatic carbocycles. The van der Waals surface area contributed by atoms with Gasteiger partial charge in [0.1, 0.15) is 0 Å². The van der Waals surface area contributed by atoms with Gasteiger partial charge in [-0.1, -0.05) is 18.2 Å². The van der Waals surface area contributed by atoms with Crippen molar-refractivity contribution in [2.45, 2.75) is 31.7 Å². The largest absolute Gasteiger partial charge is 0.335 e. The van der Waals surface area contributed by atoms with Crippen molar-refractivity contribution in [3.63, 3.8) is 0 Å². The van der Waals surface area contributed by atoms with E-state index in [-0.39, 0.29) is 6.03 Å². The summed E-state index contributed by atoms with van der Waals surface area (Å²) >= 11 is 0. The fourth-order valence-corrected chi connectivity index (χ4v) is 1.92. The molecule has 0 aliphatic heterocycles. The number of nitriles is 1. The Hall–Kier alpha value is -2.02. The molecule has 94 valence electrons. The summed E-state index contributed by atoms with van der Waals surface area (Å²) < 4.78 is 0. The van der Waals surface area contributed by atoms with Crippen LogP contribution in [-0.4, -0.2) is 18.6 Å². The normalized spacial score (nSPS) is 14.4. The highest BCUT2D eigenvalue weighted by atomic mass is 16.2. The molecule has 1 saturated carbocycles. The fraction of sp³-hybridized carbons (Fsp3) is 0.429. The van der Waals surface area contributed by atoms with Gasteiger partial charge in [-0.15, -0.1) is 0 Å². The van der Waals surface area contributed by atoms with E-state index in [2.05, 4.69) is 11.4 Å². The van der Waals surface area contributed by atoms with Crippen molar-refractivity contribution < 1.29 is 4.79 Å². The molecule has 0 unspecified atom stereocenters. The molecule has 0 spiro atoms. The third-order valence-electron chi connectivity index (χ3n) is 3.19. The van der Waals surface area contributed by atoms with E-state index in [0.717, 1.165) is 18.5 Å². The first-order valence-corrected chi connectivity index (χ1v) is 6.31. The van der Waals surface area contributed by atoms with E-state index in [0.29, 0.717) is 19.0 Å². The zero-order valence-electron chi connectivity index (χ0n) is 10.3. The average Bonchev–Trinajstić information content (AvgIpc) is 2.36. The van der Waals surface area contributed by atoms with Crippen molar-refractivity contribution in [1.82, 2.24) is 5.32 Å². The second-order valence-electron chi connectivity index (χ2n) is 4.47. The lowest BCUT2D eigenvalue weighted by atomic mass is 9.93. The van der Waals surface area contributed by atoms with E-state index < -0.39 is 0 Å². The Morgan fingerprint density at radius 1 is 1.39 bits per heavy atom. The molecule has 0 bridgehead atoms. The molecule has 0 radical (unpaired) electrons. The van der Waals surface area contributed by atoms with Gasteiger partial charge in [0.2, 0.25) is 0 Å². The van der Waals surface area contributed by atoms with Gasteiger partial charge in [-0.25, -0.2) is 4.79 Å². The summed E-state index contributed by atoms with van der Waals surface area (Å²) in [7, 11) is 0. The third-order valence-corrected chi connectivity index (χ3v) is 3.19. The molecule has 0 saturated heterocycles. The van der Waals surface area contributed by atoms with Gasteiger partial charge in [0.05, 0.1) is 12.5 Å². The van der Waals surface area contributed by atoms with Crippen LogP contribution in [0.4, 0.5) is 10.5 Å². The number of rotatable bonds is 4. The van der Waals surface area contributed by atoms with Crippen molar-refractivity contribution in [2.75, 3.05) is 11.4 Å². The number of urea groups is 1. The Morgan fingerprint density at radius 3 is 2.67 bits per heavy atom. The predicted octanol–water partition coefficient (Wildman–Crippen LogP) is 2.67. The van der Waals surface area contributed by atoms with E-state index in [9.17, 15) is 4.79 Å². The van der Waals surface area contributed by atoms with Crippen molar-refractivity contribution >= 4 is 11.7 Å². The number of nitrogens with one attached hydrogen (secondary N) is 1. The minimum absolute atomic E-state index is 0.0962. The summed E-state index contributed by atoms with van der Waals surface area (Å²) in [5.41, 5.74) is 0.838. The van der Waals surface area contributed by atoms with Crippen LogP contribution in [0.5, 0.6) is 0 Å². The molecular weight excluding hydrogens is 226 g/mol. The zero-order chi connectivity index (χ0) is 12.8. The van der Waals surface area contributed by atoms with Crippen LogP contribution in [0, 0.1) is 11.3 Å². The Morgan fingerprint density at radius 2 is 2.11 bits per heavy atom. The van der Waals surface area contributed by atoms with Crippen LogP contribution in [-0.2, 0) is 0 Å². The molecule has 0 aromatic heterocycles. The number of nitrogens with zero attached hydrogens (tertiary/aromatic N) is 2. The summed E-state index contributed by atoms with van der Waals surface area (Å²) in [5.74, 6) is 0. The summed E-state index contributed by atoms with van der Waals surface area (Å²) in [4.78, 5) is 13.8. The van der Waals surface area contributed by atoms with Gasteiger partial charge < -0.3 is 5.32 Å². The van der Waals surface area contributed by atoms with Gasteiger partial charge in [-0.2, -0.15) is 5.26 Å². The summed E-state index contributed by atoms with van der Waals surface area (Å²) in [6.45, 7) is 0.430. The Labute approximate surface area is 107 Å². The first-order chi connectivity index (χ1) is 8.81. The van der Waals surface area contributed by atoms with Crippen molar-refractivity contribution in [3.05, 3.63) is 30.3 Å². The number of benzene rings is 1. The van der Waals surface area contributed by atoms with Crippen LogP contribution in [0.1, 0.15) is 25.7 Å². The number of anilines is 1. The van der Waals surface area contributed by atoms with Crippen LogP contribution in [0.2, 0.25) is 0 Å². The second kappa shape index (κ2) is 6.06. The predicted molar refractivity (Wildman–Crippen MR) is 70.2 cm³/mol. The zero-order valence-corrected chi connectivity index (χ0v) is 10.3. The maximum absolute atomic E-state index is 12.2. The number of para-hydroxylation sites is 1. The van der Waals surface area contributed by atoms with Gasteiger partial charge in [0.25, 0.3) is 0 Å². The van der Waals surface area contributed by atoms with Crippen LogP contribution in [0.3, 0.4) is 0 Å². The van der Waals surface area contributed by atoms with E-state index in [4.69, 9.17) is 5.26 Å². The number of hydrogen-bond acceptors (Lipinski definition) is 2. The van der Waals surface area contributed by atoms with Crippen molar-refractivity contribution in [3.8, 4) is 6.07 Å². The van der Waals surface area contributed by atoms with Gasteiger partial charge in [0, 0.05) is 18.3 Å². The SMILES string of the molecule is N#CCCN(C(=O)NC1CCC1)c1ccccc1. The topological polar surface area (TPSA) is 56.1 Å². The molecule has 0 heterocycles. The van der Waals surface area contributed by atoms with E-state index in [1.54, 1.807) is 4.90 Å². The molecule has 1 aliphatic carbocycles. The Kier molecular flexibility index (Phi) is 4.19. The lowest BCUT2D eigenvalue weighted by Gasteiger charge is -2.30. The number of carbonyl (C=O) groups excluding carboxylic acids is 1. The van der Waals surface area contributed by atoms with E-state index in [1.807, 2.05) is 30.3 Å². The molecule has 0 atom stereocenters. The van der Waals surface area contributed by atoms with Crippen molar-refractivity contribution in [2.24, 2.45) is 0 Å². The number of carbonyl (C=O) groups is 1. The molecule has 1 N–H and O–H groups in total. The highest BCUT2D eigenvalue weighted by Gasteiger charge is 2.23. The number of hydrogen-bond donors (Lipinski definition) is 1. The molecule has 1 aliphatic rings. The first kappa shape index (κ1) is 12.4. The van der Waals surface area contributed by atoms with Crippen LogP contribution < -0.4 is 10.2 Å². The van der Waals surface area contributed by atoms with Crippen LogP contribution >= 0.6 is 0 Å². The van der Waals surface area contributed by atoms with Crippen molar-refractivity contribution in [1.29, 1.82) is 5.26 Å². The fourth-order valence-electron chi connectivity index (χ4n) is 1.92. The summed E-state index contributed by atoms with van der Waals surface area (Å²) in [6, 6.07) is 11.8. The highest BCUT2D eigenvalue weighted by molar-refractivity contribution is 5.92. The maximum Gasteiger partial charge on any atom is 0.322 e. The Balaban J connectivity index is 2.04. The molecule has 4 nitrogen and oxygen atoms in total.